The highest BCUT2D eigenvalue weighted by molar-refractivity contribution is 7.87. The van der Waals surface area contributed by atoms with E-state index in [1.807, 2.05) is 0 Å². The molecule has 0 saturated carbocycles. The summed E-state index contributed by atoms with van der Waals surface area (Å²) < 4.78 is 30.6. The summed E-state index contributed by atoms with van der Waals surface area (Å²) in [6.45, 7) is 1.06. The molecule has 0 bridgehead atoms. The molecule has 0 unspecified atom stereocenters. The van der Waals surface area contributed by atoms with Gasteiger partial charge in [0.15, 0.2) is 0 Å². The van der Waals surface area contributed by atoms with Crippen molar-refractivity contribution in [3.05, 3.63) is 46.4 Å². The molecule has 1 saturated heterocycles. The number of rotatable bonds is 8. The molecule has 2 heterocycles. The lowest BCUT2D eigenvalue weighted by molar-refractivity contribution is -0.116. The van der Waals surface area contributed by atoms with Gasteiger partial charge in [0.1, 0.15) is 10.6 Å². The van der Waals surface area contributed by atoms with Crippen LogP contribution >= 0.6 is 23.2 Å². The third-order valence-corrected chi connectivity index (χ3v) is 8.19. The molecular formula is C23H24Cl2N4O6S. The summed E-state index contributed by atoms with van der Waals surface area (Å²) >= 11 is 12.0. The lowest BCUT2D eigenvalue weighted by Crippen LogP contribution is -2.37. The van der Waals surface area contributed by atoms with Gasteiger partial charge >= 0.3 is 16.2 Å². The molecule has 1 fully saturated rings. The summed E-state index contributed by atoms with van der Waals surface area (Å²) in [7, 11) is -4.28. The number of carboxylic acid groups (broad SMARTS) is 1. The Labute approximate surface area is 217 Å². The minimum absolute atomic E-state index is 0.0222. The third-order valence-electron chi connectivity index (χ3n) is 5.99. The van der Waals surface area contributed by atoms with Gasteiger partial charge in [-0.1, -0.05) is 29.3 Å². The van der Waals surface area contributed by atoms with Gasteiger partial charge in [0.2, 0.25) is 11.9 Å². The molecule has 2 amide bonds. The Morgan fingerprint density at radius 2 is 1.86 bits per heavy atom. The molecule has 0 atom stereocenters. The van der Waals surface area contributed by atoms with E-state index in [2.05, 4.69) is 15.3 Å². The van der Waals surface area contributed by atoms with Gasteiger partial charge in [-0.2, -0.15) is 8.42 Å². The highest BCUT2D eigenvalue weighted by atomic mass is 35.5. The molecule has 36 heavy (non-hydrogen) atoms. The molecule has 0 radical (unpaired) electrons. The van der Waals surface area contributed by atoms with Crippen molar-refractivity contribution in [2.24, 2.45) is 5.92 Å². The molecule has 2 aromatic carbocycles. The molecule has 10 nitrogen and oxygen atoms in total. The van der Waals surface area contributed by atoms with Crippen LogP contribution in [0.3, 0.4) is 0 Å². The van der Waals surface area contributed by atoms with E-state index in [4.69, 9.17) is 32.5 Å². The van der Waals surface area contributed by atoms with Crippen LogP contribution in [0.1, 0.15) is 32.1 Å². The predicted molar refractivity (Wildman–Crippen MR) is 135 cm³/mol. The molecule has 0 spiro atoms. The first-order chi connectivity index (χ1) is 17.1. The monoisotopic (exact) mass is 554 g/mol. The van der Waals surface area contributed by atoms with Crippen molar-refractivity contribution in [1.82, 2.24) is 14.9 Å². The van der Waals surface area contributed by atoms with Crippen LogP contribution < -0.4 is 9.50 Å². The highest BCUT2D eigenvalue weighted by Gasteiger charge is 2.25. The van der Waals surface area contributed by atoms with Crippen molar-refractivity contribution in [2.75, 3.05) is 18.4 Å². The van der Waals surface area contributed by atoms with Gasteiger partial charge in [0.05, 0.1) is 21.1 Å². The topological polar surface area (TPSA) is 142 Å². The molecule has 4 rings (SSSR count). The van der Waals surface area contributed by atoms with Crippen LogP contribution in [0.15, 0.2) is 41.3 Å². The van der Waals surface area contributed by atoms with Crippen molar-refractivity contribution < 1.29 is 27.3 Å². The fourth-order valence-electron chi connectivity index (χ4n) is 4.15. The van der Waals surface area contributed by atoms with E-state index in [1.165, 1.54) is 35.2 Å². The van der Waals surface area contributed by atoms with Crippen LogP contribution in [0.4, 0.5) is 10.7 Å². The number of hydrogen-bond acceptors (Lipinski definition) is 6. The number of benzene rings is 2. The summed E-state index contributed by atoms with van der Waals surface area (Å²) in [5, 5.41) is 11.6. The second kappa shape index (κ2) is 10.9. The number of H-pyrrole nitrogens is 1. The number of nitrogens with zero attached hydrogens (tertiary/aromatic N) is 2. The van der Waals surface area contributed by atoms with E-state index in [0.717, 1.165) is 19.3 Å². The zero-order chi connectivity index (χ0) is 25.9. The third kappa shape index (κ3) is 6.21. The fourth-order valence-corrected chi connectivity index (χ4v) is 6.17. The van der Waals surface area contributed by atoms with E-state index in [-0.39, 0.29) is 32.5 Å². The van der Waals surface area contributed by atoms with Crippen LogP contribution in [-0.2, 0) is 14.9 Å². The van der Waals surface area contributed by atoms with Gasteiger partial charge in [-0.25, -0.2) is 9.78 Å². The van der Waals surface area contributed by atoms with Crippen molar-refractivity contribution in [3.8, 4) is 5.75 Å². The minimum Gasteiger partial charge on any atom is -0.465 e. The first-order valence-electron chi connectivity index (χ1n) is 11.3. The Balaban J connectivity index is 1.33. The zero-order valence-electron chi connectivity index (χ0n) is 19.0. The largest absolute Gasteiger partial charge is 0.465 e. The van der Waals surface area contributed by atoms with Gasteiger partial charge in [-0.3, -0.25) is 10.1 Å². The number of piperidine rings is 1. The van der Waals surface area contributed by atoms with E-state index < -0.39 is 16.2 Å². The number of carbonyl (C=O) groups is 2. The summed E-state index contributed by atoms with van der Waals surface area (Å²) in [5.74, 6) is 0.465. The van der Waals surface area contributed by atoms with E-state index in [9.17, 15) is 18.0 Å². The average Bonchev–Trinajstić information content (AvgIpc) is 3.20. The predicted octanol–water partition coefficient (Wildman–Crippen LogP) is 5.14. The average molecular weight is 555 g/mol. The Bertz CT molecular complexity index is 1370. The Morgan fingerprint density at radius 3 is 2.53 bits per heavy atom. The summed E-state index contributed by atoms with van der Waals surface area (Å²) in [6.07, 6.45) is 2.57. The number of anilines is 1. The smallest absolute Gasteiger partial charge is 0.407 e. The number of aromatic amines is 1. The van der Waals surface area contributed by atoms with Crippen molar-refractivity contribution in [3.63, 3.8) is 0 Å². The van der Waals surface area contributed by atoms with E-state index in [0.29, 0.717) is 42.9 Å². The number of carbonyl (C=O) groups excluding carboxylic acids is 1. The number of halogens is 2. The number of amides is 2. The summed E-state index contributed by atoms with van der Waals surface area (Å²) in [5.41, 5.74) is 0.976. The lowest BCUT2D eigenvalue weighted by atomic mass is 9.92. The number of imidazole rings is 1. The number of aromatic nitrogens is 2. The van der Waals surface area contributed by atoms with Crippen molar-refractivity contribution in [2.45, 2.75) is 37.0 Å². The maximum atomic E-state index is 12.7. The van der Waals surface area contributed by atoms with Crippen LogP contribution in [0, 0.1) is 5.92 Å². The number of hydrogen-bond donors (Lipinski definition) is 3. The fraction of sp³-hybridized carbons (Fsp3) is 0.348. The van der Waals surface area contributed by atoms with Crippen LogP contribution in [0.5, 0.6) is 5.75 Å². The second-order valence-corrected chi connectivity index (χ2v) is 10.8. The molecule has 1 aliphatic rings. The number of nitrogens with one attached hydrogen (secondary N) is 2. The quantitative estimate of drug-likeness (QED) is 0.327. The van der Waals surface area contributed by atoms with Gasteiger partial charge in [-0.05, 0) is 55.9 Å². The van der Waals surface area contributed by atoms with Gasteiger partial charge in [0, 0.05) is 25.6 Å². The molecule has 13 heteroatoms. The Hall–Kier alpha value is -3.02. The Morgan fingerprint density at radius 1 is 1.17 bits per heavy atom. The second-order valence-electron chi connectivity index (χ2n) is 8.51. The standard InChI is InChI=1S/C23H24Cl2N4O6S/c24-16-4-2-5-17(25)21(16)36(33,34)35-15-7-8-18-19(13-15)27-22(26-18)28-20(30)6-1-3-14-9-11-29(12-10-14)23(31)32/h2,4-5,7-8,13-14H,1,3,6,9-12H2,(H,31,32)(H2,26,27,28,30). The molecule has 1 aromatic heterocycles. The van der Waals surface area contributed by atoms with Gasteiger partial charge in [0.25, 0.3) is 0 Å². The first-order valence-corrected chi connectivity index (χ1v) is 13.4. The van der Waals surface area contributed by atoms with Crippen molar-refractivity contribution in [1.29, 1.82) is 0 Å². The molecule has 1 aliphatic heterocycles. The Kier molecular flexibility index (Phi) is 7.91. The molecular weight excluding hydrogens is 531 g/mol. The maximum absolute atomic E-state index is 12.7. The normalized spacial score (nSPS) is 14.7. The van der Waals surface area contributed by atoms with Gasteiger partial charge < -0.3 is 19.2 Å². The van der Waals surface area contributed by atoms with E-state index in [1.54, 1.807) is 6.07 Å². The lowest BCUT2D eigenvalue weighted by Gasteiger charge is -2.29. The highest BCUT2D eigenvalue weighted by Crippen LogP contribution is 2.32. The maximum Gasteiger partial charge on any atom is 0.407 e. The number of likely N-dealkylation sites (tertiary alicyclic amines) is 1. The number of fused-ring (bicyclic) bond motifs is 1. The molecule has 3 N–H and O–H groups in total. The summed E-state index contributed by atoms with van der Waals surface area (Å²) in [4.78, 5) is 31.7. The minimum atomic E-state index is -4.28. The molecule has 192 valence electrons. The van der Waals surface area contributed by atoms with Crippen LogP contribution in [0.25, 0.3) is 11.0 Å². The SMILES string of the molecule is O=C(CCCC1CCN(C(=O)O)CC1)Nc1nc2ccc(OS(=O)(=O)c3c(Cl)cccc3Cl)cc2[nH]1. The first kappa shape index (κ1) is 26.1. The summed E-state index contributed by atoms with van der Waals surface area (Å²) in [6, 6.07) is 8.78. The van der Waals surface area contributed by atoms with Gasteiger partial charge in [-0.15, -0.1) is 0 Å². The molecule has 3 aromatic rings. The molecule has 0 aliphatic carbocycles. The van der Waals surface area contributed by atoms with E-state index >= 15 is 0 Å². The van der Waals surface area contributed by atoms with Crippen molar-refractivity contribution >= 4 is 62.3 Å². The van der Waals surface area contributed by atoms with Crippen LogP contribution in [0.2, 0.25) is 10.0 Å². The van der Waals surface area contributed by atoms with Crippen LogP contribution in [-0.4, -0.2) is 53.5 Å². The zero-order valence-corrected chi connectivity index (χ0v) is 21.4.